The standard InChI is InChI=1S/C15H21NOSi/c1-5-16(6-2)13-9-7-12-8-10-15(17)18(3,4)14(12)11-13/h7-11H,5-6H2,1-4H3. The molecule has 1 aromatic carbocycles. The molecule has 1 aliphatic heterocycles. The topological polar surface area (TPSA) is 20.3 Å². The summed E-state index contributed by atoms with van der Waals surface area (Å²) in [4.78, 5) is 14.4. The second-order valence-electron chi connectivity index (χ2n) is 5.27. The fourth-order valence-electron chi connectivity index (χ4n) is 2.52. The zero-order valence-corrected chi connectivity index (χ0v) is 12.7. The average molecular weight is 259 g/mol. The molecule has 0 aliphatic carbocycles. The molecular formula is C15H21NOSi. The minimum absolute atomic E-state index is 0.326. The van der Waals surface area contributed by atoms with Gasteiger partial charge in [0.15, 0.2) is 8.07 Å². The molecule has 0 radical (unpaired) electrons. The van der Waals surface area contributed by atoms with E-state index in [1.54, 1.807) is 6.08 Å². The number of nitrogens with zero attached hydrogens (tertiary/aromatic N) is 1. The van der Waals surface area contributed by atoms with Gasteiger partial charge in [0.05, 0.1) is 0 Å². The second-order valence-corrected chi connectivity index (χ2v) is 9.55. The summed E-state index contributed by atoms with van der Waals surface area (Å²) in [6.45, 7) is 10.6. The summed E-state index contributed by atoms with van der Waals surface area (Å²) in [5, 5.41) is 1.60. The van der Waals surface area contributed by atoms with E-state index in [1.807, 2.05) is 6.08 Å². The molecule has 1 aromatic rings. The number of anilines is 1. The van der Waals surface area contributed by atoms with Crippen LogP contribution in [0.1, 0.15) is 19.4 Å². The van der Waals surface area contributed by atoms with Crippen LogP contribution in [0, 0.1) is 0 Å². The number of carbonyl (C=O) groups is 1. The zero-order valence-electron chi connectivity index (χ0n) is 11.7. The van der Waals surface area contributed by atoms with Crippen molar-refractivity contribution in [3.05, 3.63) is 29.8 Å². The third kappa shape index (κ3) is 2.03. The van der Waals surface area contributed by atoms with E-state index in [-0.39, 0.29) is 0 Å². The maximum Gasteiger partial charge on any atom is 0.163 e. The van der Waals surface area contributed by atoms with Crippen LogP contribution in [0.3, 0.4) is 0 Å². The van der Waals surface area contributed by atoms with Gasteiger partial charge in [-0.1, -0.05) is 25.2 Å². The number of rotatable bonds is 3. The smallest absolute Gasteiger partial charge is 0.163 e. The first kappa shape index (κ1) is 13.1. The van der Waals surface area contributed by atoms with Crippen LogP contribution in [0.25, 0.3) is 6.08 Å². The second kappa shape index (κ2) is 4.73. The first-order valence-electron chi connectivity index (χ1n) is 6.62. The number of fused-ring (bicyclic) bond motifs is 1. The largest absolute Gasteiger partial charge is 0.372 e. The molecule has 0 fully saturated rings. The van der Waals surface area contributed by atoms with E-state index in [1.165, 1.54) is 16.4 Å². The molecule has 1 aliphatic rings. The van der Waals surface area contributed by atoms with Crippen LogP contribution in [0.2, 0.25) is 13.1 Å². The number of carbonyl (C=O) groups excluding carboxylic acids is 1. The summed E-state index contributed by atoms with van der Waals surface area (Å²) >= 11 is 0. The van der Waals surface area contributed by atoms with Crippen LogP contribution in [0.5, 0.6) is 0 Å². The van der Waals surface area contributed by atoms with Crippen molar-refractivity contribution in [2.24, 2.45) is 0 Å². The lowest BCUT2D eigenvalue weighted by Crippen LogP contribution is -2.52. The third-order valence-electron chi connectivity index (χ3n) is 3.87. The van der Waals surface area contributed by atoms with Gasteiger partial charge in [-0.2, -0.15) is 0 Å². The molecule has 3 heteroatoms. The highest BCUT2D eigenvalue weighted by molar-refractivity contribution is 7.15. The van der Waals surface area contributed by atoms with Crippen molar-refractivity contribution in [1.82, 2.24) is 0 Å². The van der Waals surface area contributed by atoms with E-state index < -0.39 is 8.07 Å². The molecule has 0 atom stereocenters. The minimum Gasteiger partial charge on any atom is -0.372 e. The van der Waals surface area contributed by atoms with Crippen molar-refractivity contribution in [1.29, 1.82) is 0 Å². The Kier molecular flexibility index (Phi) is 3.44. The van der Waals surface area contributed by atoms with E-state index >= 15 is 0 Å². The number of benzene rings is 1. The van der Waals surface area contributed by atoms with Crippen molar-refractivity contribution in [3.63, 3.8) is 0 Å². The van der Waals surface area contributed by atoms with Gasteiger partial charge in [0.25, 0.3) is 0 Å². The van der Waals surface area contributed by atoms with Gasteiger partial charge in [-0.05, 0) is 42.8 Å². The lowest BCUT2D eigenvalue weighted by molar-refractivity contribution is -0.108. The summed E-state index contributed by atoms with van der Waals surface area (Å²) in [5.41, 5.74) is 2.46. The minimum atomic E-state index is -1.97. The Morgan fingerprint density at radius 2 is 1.78 bits per heavy atom. The van der Waals surface area contributed by atoms with Crippen LogP contribution in [-0.4, -0.2) is 26.6 Å². The van der Waals surface area contributed by atoms with Crippen molar-refractivity contribution in [2.45, 2.75) is 26.9 Å². The van der Waals surface area contributed by atoms with E-state index in [2.05, 4.69) is 50.0 Å². The maximum absolute atomic E-state index is 12.1. The van der Waals surface area contributed by atoms with E-state index in [0.717, 1.165) is 13.1 Å². The summed E-state index contributed by atoms with van der Waals surface area (Å²) in [6, 6.07) is 6.55. The number of hydrogen-bond acceptors (Lipinski definition) is 2. The Morgan fingerprint density at radius 3 is 2.39 bits per heavy atom. The zero-order chi connectivity index (χ0) is 13.3. The van der Waals surface area contributed by atoms with E-state index in [4.69, 9.17) is 0 Å². The van der Waals surface area contributed by atoms with Gasteiger partial charge in [0.2, 0.25) is 0 Å². The Bertz CT molecular complexity index is 501. The monoisotopic (exact) mass is 259 g/mol. The molecule has 0 amide bonds. The highest BCUT2D eigenvalue weighted by Crippen LogP contribution is 2.21. The van der Waals surface area contributed by atoms with Gasteiger partial charge in [0, 0.05) is 18.8 Å². The molecule has 0 aromatic heterocycles. The third-order valence-corrected chi connectivity index (χ3v) is 7.05. The first-order chi connectivity index (χ1) is 8.50. The quantitative estimate of drug-likeness (QED) is 0.778. The fourth-order valence-corrected chi connectivity index (χ4v) is 4.69. The van der Waals surface area contributed by atoms with E-state index in [9.17, 15) is 4.79 Å². The molecule has 1 heterocycles. The molecule has 18 heavy (non-hydrogen) atoms. The van der Waals surface area contributed by atoms with Crippen molar-refractivity contribution < 1.29 is 4.79 Å². The van der Waals surface area contributed by atoms with Crippen molar-refractivity contribution in [3.8, 4) is 0 Å². The Balaban J connectivity index is 2.52. The molecule has 0 bridgehead atoms. The molecule has 0 saturated heterocycles. The van der Waals surface area contributed by atoms with Gasteiger partial charge in [-0.3, -0.25) is 0 Å². The van der Waals surface area contributed by atoms with E-state index in [0.29, 0.717) is 5.41 Å². The molecule has 0 N–H and O–H groups in total. The molecule has 0 unspecified atom stereocenters. The van der Waals surface area contributed by atoms with Gasteiger partial charge < -0.3 is 9.69 Å². The molecule has 2 nitrogen and oxygen atoms in total. The first-order valence-corrected chi connectivity index (χ1v) is 9.62. The number of allylic oxidation sites excluding steroid dienone is 1. The van der Waals surface area contributed by atoms with Crippen molar-refractivity contribution >= 4 is 30.4 Å². The maximum atomic E-state index is 12.1. The lowest BCUT2D eigenvalue weighted by atomic mass is 10.1. The lowest BCUT2D eigenvalue weighted by Gasteiger charge is -2.28. The van der Waals surface area contributed by atoms with Crippen LogP contribution in [0.15, 0.2) is 24.3 Å². The van der Waals surface area contributed by atoms with Crippen LogP contribution in [0.4, 0.5) is 5.69 Å². The molecular weight excluding hydrogens is 238 g/mol. The molecule has 2 rings (SSSR count). The summed E-state index contributed by atoms with van der Waals surface area (Å²) in [6.07, 6.45) is 3.72. The summed E-state index contributed by atoms with van der Waals surface area (Å²) in [7, 11) is -1.97. The fraction of sp³-hybridized carbons (Fsp3) is 0.400. The number of hydrogen-bond donors (Lipinski definition) is 0. The van der Waals surface area contributed by atoms with Crippen LogP contribution < -0.4 is 10.1 Å². The molecule has 0 spiro atoms. The Hall–Kier alpha value is -1.35. The predicted octanol–water partition coefficient (Wildman–Crippen LogP) is 2.58. The SMILES string of the molecule is CCN(CC)c1ccc2c(c1)[Si](C)(C)C(=O)C=C2. The van der Waals surface area contributed by atoms with Crippen molar-refractivity contribution in [2.75, 3.05) is 18.0 Å². The van der Waals surface area contributed by atoms with Gasteiger partial charge in [-0.25, -0.2) is 0 Å². The normalized spacial score (nSPS) is 16.6. The van der Waals surface area contributed by atoms with Gasteiger partial charge in [-0.15, -0.1) is 0 Å². The average Bonchev–Trinajstić information content (AvgIpc) is 2.36. The van der Waals surface area contributed by atoms with Crippen LogP contribution in [-0.2, 0) is 4.79 Å². The molecule has 0 saturated carbocycles. The van der Waals surface area contributed by atoms with Crippen LogP contribution >= 0.6 is 0 Å². The highest BCUT2D eigenvalue weighted by atomic mass is 28.3. The van der Waals surface area contributed by atoms with Gasteiger partial charge >= 0.3 is 0 Å². The summed E-state index contributed by atoms with van der Waals surface area (Å²) < 4.78 is 0. The molecule has 96 valence electrons. The highest BCUT2D eigenvalue weighted by Gasteiger charge is 2.35. The Morgan fingerprint density at radius 1 is 1.11 bits per heavy atom. The van der Waals surface area contributed by atoms with Gasteiger partial charge in [0.1, 0.15) is 5.41 Å². The summed E-state index contributed by atoms with van der Waals surface area (Å²) in [5.74, 6) is 0. The predicted molar refractivity (Wildman–Crippen MR) is 81.2 cm³/mol. The Labute approximate surface area is 110 Å².